The molecule has 0 spiro atoms. The Labute approximate surface area is 251 Å². The van der Waals surface area contributed by atoms with Crippen LogP contribution in [-0.2, 0) is 17.6 Å². The summed E-state index contributed by atoms with van der Waals surface area (Å²) >= 11 is 2.88. The minimum atomic E-state index is -0.545. The molecular weight excluding hydrogens is 569 g/mol. The van der Waals surface area contributed by atoms with Gasteiger partial charge in [-0.1, -0.05) is 49.4 Å². The van der Waals surface area contributed by atoms with Crippen LogP contribution in [0, 0.1) is 21.4 Å². The maximum Gasteiger partial charge on any atom is 0.270 e. The molecule has 0 aliphatic heterocycles. The fraction of sp³-hybridized carbons (Fsp3) is 0.219. The highest BCUT2D eigenvalue weighted by molar-refractivity contribution is 8.00. The van der Waals surface area contributed by atoms with Crippen molar-refractivity contribution in [2.24, 2.45) is 0 Å². The first-order chi connectivity index (χ1) is 20.4. The molecule has 3 aromatic carbocycles. The summed E-state index contributed by atoms with van der Waals surface area (Å²) in [5.41, 5.74) is 3.45. The van der Waals surface area contributed by atoms with E-state index in [0.29, 0.717) is 28.6 Å². The predicted molar refractivity (Wildman–Crippen MR) is 166 cm³/mol. The first-order valence-electron chi connectivity index (χ1n) is 13.6. The lowest BCUT2D eigenvalue weighted by molar-refractivity contribution is -0.384. The Hall–Kier alpha value is -4.46. The number of rotatable bonds is 9. The molecule has 2 atom stereocenters. The van der Waals surface area contributed by atoms with Gasteiger partial charge in [-0.3, -0.25) is 19.7 Å². The topological polar surface area (TPSA) is 125 Å². The molecule has 1 heterocycles. The lowest BCUT2D eigenvalue weighted by Gasteiger charge is -2.22. The van der Waals surface area contributed by atoms with Gasteiger partial charge >= 0.3 is 0 Å². The summed E-state index contributed by atoms with van der Waals surface area (Å²) in [7, 11) is 0. The third-order valence-corrected chi connectivity index (χ3v) is 9.77. The highest BCUT2D eigenvalue weighted by atomic mass is 32.2. The Balaban J connectivity index is 1.26. The number of non-ortho nitro benzene ring substituents is 1. The second kappa shape index (κ2) is 13.0. The molecule has 0 fully saturated rings. The highest BCUT2D eigenvalue weighted by Crippen LogP contribution is 2.42. The molecule has 8 nitrogen and oxygen atoms in total. The van der Waals surface area contributed by atoms with Crippen molar-refractivity contribution in [3.8, 4) is 6.07 Å². The normalized spacial score (nSPS) is 14.7. The first kappa shape index (κ1) is 29.0. The highest BCUT2D eigenvalue weighted by Gasteiger charge is 2.28. The molecule has 10 heteroatoms. The Morgan fingerprint density at radius 1 is 1.10 bits per heavy atom. The van der Waals surface area contributed by atoms with Gasteiger partial charge in [0.05, 0.1) is 15.7 Å². The molecule has 4 aromatic rings. The van der Waals surface area contributed by atoms with Crippen molar-refractivity contribution < 1.29 is 14.5 Å². The molecule has 0 saturated carbocycles. The van der Waals surface area contributed by atoms with E-state index in [1.165, 1.54) is 52.9 Å². The Bertz CT molecular complexity index is 1680. The quantitative estimate of drug-likeness (QED) is 0.117. The smallest absolute Gasteiger partial charge is 0.270 e. The molecule has 42 heavy (non-hydrogen) atoms. The molecule has 212 valence electrons. The lowest BCUT2D eigenvalue weighted by Crippen LogP contribution is -2.24. The van der Waals surface area contributed by atoms with Gasteiger partial charge in [-0.05, 0) is 67.0 Å². The van der Waals surface area contributed by atoms with Crippen LogP contribution in [-0.4, -0.2) is 22.0 Å². The Kier molecular flexibility index (Phi) is 9.00. The van der Waals surface area contributed by atoms with Gasteiger partial charge in [0.2, 0.25) is 5.91 Å². The third-order valence-electron chi connectivity index (χ3n) is 7.24. The number of benzene rings is 3. The van der Waals surface area contributed by atoms with E-state index in [2.05, 4.69) is 41.0 Å². The van der Waals surface area contributed by atoms with Gasteiger partial charge in [-0.15, -0.1) is 23.1 Å². The van der Waals surface area contributed by atoms with E-state index in [1.54, 1.807) is 18.2 Å². The number of nitro benzene ring substituents is 1. The lowest BCUT2D eigenvalue weighted by atomic mass is 9.83. The SMILES string of the molecule is CCC(Sc1cccc(NC(=O)c2cccc([N+](=O)[O-])c2)c1)C(=O)Nc1sc2c(c1C#N)CCC(c1ccccc1)C2. The van der Waals surface area contributed by atoms with Crippen molar-refractivity contribution >= 4 is 51.3 Å². The predicted octanol–water partition coefficient (Wildman–Crippen LogP) is 7.56. The van der Waals surface area contributed by atoms with Crippen molar-refractivity contribution in [3.63, 3.8) is 0 Å². The molecule has 0 saturated heterocycles. The van der Waals surface area contributed by atoms with Gasteiger partial charge in [0.15, 0.2) is 0 Å². The van der Waals surface area contributed by atoms with Crippen molar-refractivity contribution in [3.05, 3.63) is 116 Å². The number of nitrogens with one attached hydrogen (secondary N) is 2. The van der Waals surface area contributed by atoms with Crippen molar-refractivity contribution in [1.29, 1.82) is 5.26 Å². The number of thiophene rings is 1. The zero-order valence-electron chi connectivity index (χ0n) is 22.8. The number of fused-ring (bicyclic) bond motifs is 1. The summed E-state index contributed by atoms with van der Waals surface area (Å²) in [4.78, 5) is 38.6. The largest absolute Gasteiger partial charge is 0.322 e. The number of carbonyl (C=O) groups excluding carboxylic acids is 2. The number of nitrogens with zero attached hydrogens (tertiary/aromatic N) is 2. The Morgan fingerprint density at radius 3 is 2.62 bits per heavy atom. The molecule has 2 amide bonds. The van der Waals surface area contributed by atoms with Gasteiger partial charge < -0.3 is 10.6 Å². The molecule has 1 aromatic heterocycles. The fourth-order valence-corrected chi connectivity index (χ4v) is 7.39. The molecule has 0 bridgehead atoms. The van der Waals surface area contributed by atoms with Crippen LogP contribution in [0.25, 0.3) is 0 Å². The summed E-state index contributed by atoms with van der Waals surface area (Å²) in [5.74, 6) is -0.245. The van der Waals surface area contributed by atoms with Gasteiger partial charge in [-0.25, -0.2) is 0 Å². The van der Waals surface area contributed by atoms with Crippen LogP contribution in [0.3, 0.4) is 0 Å². The standard InChI is InChI=1S/C32H28N4O4S2/c1-2-28(41-25-13-7-11-23(18-25)34-30(37)22-10-6-12-24(16-22)36(39)40)31(38)35-32-27(19-33)26-15-14-21(17-29(26)42-32)20-8-4-3-5-9-20/h3-13,16,18,21,28H,2,14-15,17H2,1H3,(H,34,37)(H,35,38). The van der Waals surface area contributed by atoms with Crippen LogP contribution in [0.4, 0.5) is 16.4 Å². The summed E-state index contributed by atoms with van der Waals surface area (Å²) < 4.78 is 0. The summed E-state index contributed by atoms with van der Waals surface area (Å²) in [6.45, 7) is 1.93. The summed E-state index contributed by atoms with van der Waals surface area (Å²) in [6.07, 6.45) is 3.20. The molecular formula is C32H28N4O4S2. The molecule has 5 rings (SSSR count). The van der Waals surface area contributed by atoms with Gasteiger partial charge in [0.1, 0.15) is 11.1 Å². The Morgan fingerprint density at radius 2 is 1.88 bits per heavy atom. The number of nitriles is 1. The molecule has 1 aliphatic rings. The number of carbonyl (C=O) groups is 2. The third kappa shape index (κ3) is 6.54. The molecule has 1 aliphatic carbocycles. The van der Waals surface area contributed by atoms with E-state index >= 15 is 0 Å². The fourth-order valence-electron chi connectivity index (χ4n) is 5.09. The van der Waals surface area contributed by atoms with Gasteiger partial charge in [-0.2, -0.15) is 5.26 Å². The summed E-state index contributed by atoms with van der Waals surface area (Å²) in [5, 5.41) is 27.0. The number of thioether (sulfide) groups is 1. The number of amides is 2. The molecule has 2 unspecified atom stereocenters. The minimum absolute atomic E-state index is 0.161. The summed E-state index contributed by atoms with van der Waals surface area (Å²) in [6, 6.07) is 25.4. The second-order valence-electron chi connectivity index (χ2n) is 9.96. The van der Waals surface area contributed by atoms with Crippen molar-refractivity contribution in [2.45, 2.75) is 48.7 Å². The zero-order valence-corrected chi connectivity index (χ0v) is 24.5. The van der Waals surface area contributed by atoms with Crippen LogP contribution >= 0.6 is 23.1 Å². The van der Waals surface area contributed by atoms with E-state index < -0.39 is 16.1 Å². The van der Waals surface area contributed by atoms with Crippen LogP contribution in [0.1, 0.15) is 57.6 Å². The first-order valence-corrected chi connectivity index (χ1v) is 15.3. The van der Waals surface area contributed by atoms with Crippen molar-refractivity contribution in [2.75, 3.05) is 10.6 Å². The van der Waals surface area contributed by atoms with E-state index in [1.807, 2.05) is 19.1 Å². The maximum absolute atomic E-state index is 13.4. The van der Waals surface area contributed by atoms with Crippen LogP contribution < -0.4 is 10.6 Å². The van der Waals surface area contributed by atoms with Gasteiger partial charge in [0, 0.05) is 33.2 Å². The van der Waals surface area contributed by atoms with Crippen LogP contribution in [0.5, 0.6) is 0 Å². The van der Waals surface area contributed by atoms with Crippen LogP contribution in [0.15, 0.2) is 83.8 Å². The van der Waals surface area contributed by atoms with Crippen LogP contribution in [0.2, 0.25) is 0 Å². The average molecular weight is 597 g/mol. The maximum atomic E-state index is 13.4. The van der Waals surface area contributed by atoms with E-state index in [-0.39, 0.29) is 17.2 Å². The number of anilines is 2. The number of hydrogen-bond donors (Lipinski definition) is 2. The van der Waals surface area contributed by atoms with Gasteiger partial charge in [0.25, 0.3) is 11.6 Å². The molecule has 0 radical (unpaired) electrons. The van der Waals surface area contributed by atoms with E-state index in [0.717, 1.165) is 34.6 Å². The van der Waals surface area contributed by atoms with E-state index in [4.69, 9.17) is 0 Å². The minimum Gasteiger partial charge on any atom is -0.322 e. The number of nitro groups is 1. The molecule has 2 N–H and O–H groups in total. The second-order valence-corrected chi connectivity index (χ2v) is 12.3. The zero-order chi connectivity index (χ0) is 29.6. The van der Waals surface area contributed by atoms with Crippen molar-refractivity contribution in [1.82, 2.24) is 0 Å². The average Bonchev–Trinajstić information content (AvgIpc) is 3.36. The van der Waals surface area contributed by atoms with E-state index in [9.17, 15) is 25.0 Å². The monoisotopic (exact) mass is 596 g/mol. The number of hydrogen-bond acceptors (Lipinski definition) is 7.